The molecular formula is C14H14Cl2N2O2. The molecule has 1 saturated heterocycles. The molecule has 106 valence electrons. The Morgan fingerprint density at radius 2 is 2.15 bits per heavy atom. The van der Waals surface area contributed by atoms with Crippen LogP contribution in [0.15, 0.2) is 24.3 Å². The van der Waals surface area contributed by atoms with E-state index in [1.807, 2.05) is 0 Å². The minimum Gasteiger partial charge on any atom is -0.354 e. The second-order valence-corrected chi connectivity index (χ2v) is 5.31. The molecule has 1 N–H and O–H groups in total. The first-order chi connectivity index (χ1) is 9.56. The van der Waals surface area contributed by atoms with Gasteiger partial charge in [-0.05, 0) is 36.3 Å². The molecule has 0 unspecified atom stereocenters. The quantitative estimate of drug-likeness (QED) is 0.852. The lowest BCUT2D eigenvalue weighted by Gasteiger charge is -2.16. The summed E-state index contributed by atoms with van der Waals surface area (Å²) in [6.07, 6.45) is 3.78. The van der Waals surface area contributed by atoms with E-state index in [-0.39, 0.29) is 18.4 Å². The zero-order chi connectivity index (χ0) is 14.5. The number of nitrogens with zero attached hydrogens (tertiary/aromatic N) is 1. The van der Waals surface area contributed by atoms with Crippen molar-refractivity contribution in [1.82, 2.24) is 10.2 Å². The van der Waals surface area contributed by atoms with Gasteiger partial charge in [0.05, 0.1) is 6.54 Å². The van der Waals surface area contributed by atoms with E-state index in [2.05, 4.69) is 5.32 Å². The van der Waals surface area contributed by atoms with Gasteiger partial charge in [0.25, 0.3) is 0 Å². The standard InChI is InChI=1S/C14H14Cl2N2O2/c15-11-3-4-12(16)10(8-11)2-5-14(20)18-7-1-6-17-13(19)9-18/h2-5,8H,1,6-7,9H2,(H,17,19). The smallest absolute Gasteiger partial charge is 0.247 e. The van der Waals surface area contributed by atoms with Gasteiger partial charge in [-0.3, -0.25) is 9.59 Å². The molecule has 4 nitrogen and oxygen atoms in total. The molecule has 1 aliphatic heterocycles. The van der Waals surface area contributed by atoms with Crippen LogP contribution in [0.5, 0.6) is 0 Å². The molecule has 0 spiro atoms. The molecule has 1 aliphatic rings. The Bertz CT molecular complexity index is 558. The largest absolute Gasteiger partial charge is 0.354 e. The zero-order valence-corrected chi connectivity index (χ0v) is 12.2. The minimum absolute atomic E-state index is 0.0897. The van der Waals surface area contributed by atoms with Crippen LogP contribution in [-0.2, 0) is 9.59 Å². The highest BCUT2D eigenvalue weighted by Crippen LogP contribution is 2.21. The molecule has 2 amide bonds. The third kappa shape index (κ3) is 3.99. The number of hydrogen-bond acceptors (Lipinski definition) is 2. The Kier molecular flexibility index (Phi) is 5.04. The summed E-state index contributed by atoms with van der Waals surface area (Å²) in [7, 11) is 0. The first-order valence-corrected chi connectivity index (χ1v) is 7.00. The predicted octanol–water partition coefficient (Wildman–Crippen LogP) is 2.36. The van der Waals surface area contributed by atoms with Gasteiger partial charge in [0.2, 0.25) is 11.8 Å². The zero-order valence-electron chi connectivity index (χ0n) is 10.7. The highest BCUT2D eigenvalue weighted by molar-refractivity contribution is 6.34. The first kappa shape index (κ1) is 14.9. The van der Waals surface area contributed by atoms with Crippen molar-refractivity contribution in [2.45, 2.75) is 6.42 Å². The second-order valence-electron chi connectivity index (χ2n) is 4.46. The molecular weight excluding hydrogens is 299 g/mol. The number of carbonyl (C=O) groups excluding carboxylic acids is 2. The maximum atomic E-state index is 12.0. The van der Waals surface area contributed by atoms with Gasteiger partial charge in [0, 0.05) is 29.2 Å². The van der Waals surface area contributed by atoms with Crippen molar-refractivity contribution in [2.24, 2.45) is 0 Å². The maximum absolute atomic E-state index is 12.0. The van der Waals surface area contributed by atoms with E-state index < -0.39 is 0 Å². The SMILES string of the molecule is O=C1CN(C(=O)C=Cc2cc(Cl)ccc2Cl)CCCN1. The number of benzene rings is 1. The predicted molar refractivity (Wildman–Crippen MR) is 79.7 cm³/mol. The molecule has 2 rings (SSSR count). The molecule has 0 bridgehead atoms. The summed E-state index contributed by atoms with van der Waals surface area (Å²) in [4.78, 5) is 25.0. The first-order valence-electron chi connectivity index (χ1n) is 6.25. The Morgan fingerprint density at radius 1 is 1.35 bits per heavy atom. The van der Waals surface area contributed by atoms with E-state index in [9.17, 15) is 9.59 Å². The number of amides is 2. The Balaban J connectivity index is 2.08. The van der Waals surface area contributed by atoms with Crippen LogP contribution in [0.25, 0.3) is 6.08 Å². The van der Waals surface area contributed by atoms with Gasteiger partial charge in [-0.25, -0.2) is 0 Å². The van der Waals surface area contributed by atoms with Crippen molar-refractivity contribution in [2.75, 3.05) is 19.6 Å². The number of nitrogens with one attached hydrogen (secondary N) is 1. The van der Waals surface area contributed by atoms with Crippen molar-refractivity contribution in [1.29, 1.82) is 0 Å². The highest BCUT2D eigenvalue weighted by Gasteiger charge is 2.17. The highest BCUT2D eigenvalue weighted by atomic mass is 35.5. The summed E-state index contributed by atoms with van der Waals surface area (Å²) in [6.45, 7) is 1.25. The van der Waals surface area contributed by atoms with Gasteiger partial charge < -0.3 is 10.2 Å². The van der Waals surface area contributed by atoms with Gasteiger partial charge in [-0.1, -0.05) is 23.2 Å². The van der Waals surface area contributed by atoms with Gasteiger partial charge in [0.15, 0.2) is 0 Å². The molecule has 1 aromatic rings. The van der Waals surface area contributed by atoms with Crippen LogP contribution in [-0.4, -0.2) is 36.3 Å². The van der Waals surface area contributed by atoms with E-state index in [1.54, 1.807) is 24.3 Å². The van der Waals surface area contributed by atoms with Gasteiger partial charge in [0.1, 0.15) is 0 Å². The fourth-order valence-corrected chi connectivity index (χ4v) is 2.26. The van der Waals surface area contributed by atoms with Crippen LogP contribution in [0.4, 0.5) is 0 Å². The normalized spacial score (nSPS) is 16.1. The van der Waals surface area contributed by atoms with Crippen molar-refractivity contribution in [3.63, 3.8) is 0 Å². The van der Waals surface area contributed by atoms with E-state index in [4.69, 9.17) is 23.2 Å². The molecule has 0 aliphatic carbocycles. The van der Waals surface area contributed by atoms with Crippen molar-refractivity contribution < 1.29 is 9.59 Å². The molecule has 1 fully saturated rings. The van der Waals surface area contributed by atoms with Crippen molar-refractivity contribution in [3.8, 4) is 0 Å². The summed E-state index contributed by atoms with van der Waals surface area (Å²) in [5.74, 6) is -0.344. The molecule has 1 heterocycles. The van der Waals surface area contributed by atoms with Crippen LogP contribution >= 0.6 is 23.2 Å². The van der Waals surface area contributed by atoms with Crippen molar-refractivity contribution in [3.05, 3.63) is 39.9 Å². The Labute approximate surface area is 127 Å². The molecule has 20 heavy (non-hydrogen) atoms. The van der Waals surface area contributed by atoms with Crippen LogP contribution in [0, 0.1) is 0 Å². The van der Waals surface area contributed by atoms with E-state index in [1.165, 1.54) is 11.0 Å². The Morgan fingerprint density at radius 3 is 2.95 bits per heavy atom. The summed E-state index contributed by atoms with van der Waals surface area (Å²) in [6, 6.07) is 5.04. The van der Waals surface area contributed by atoms with Crippen LogP contribution < -0.4 is 5.32 Å². The summed E-state index contributed by atoms with van der Waals surface area (Å²) >= 11 is 11.9. The fourth-order valence-electron chi connectivity index (χ4n) is 1.90. The van der Waals surface area contributed by atoms with E-state index >= 15 is 0 Å². The third-order valence-corrected chi connectivity index (χ3v) is 3.52. The lowest BCUT2D eigenvalue weighted by molar-refractivity contribution is -0.131. The van der Waals surface area contributed by atoms with E-state index in [0.29, 0.717) is 28.7 Å². The van der Waals surface area contributed by atoms with Gasteiger partial charge >= 0.3 is 0 Å². The monoisotopic (exact) mass is 312 g/mol. The molecule has 0 saturated carbocycles. The average Bonchev–Trinajstić information content (AvgIpc) is 2.64. The topological polar surface area (TPSA) is 49.4 Å². The number of rotatable bonds is 2. The lowest BCUT2D eigenvalue weighted by atomic mass is 10.2. The van der Waals surface area contributed by atoms with E-state index in [0.717, 1.165) is 6.42 Å². The summed E-state index contributed by atoms with van der Waals surface area (Å²) < 4.78 is 0. The van der Waals surface area contributed by atoms with Gasteiger partial charge in [-0.15, -0.1) is 0 Å². The minimum atomic E-state index is -0.210. The van der Waals surface area contributed by atoms with Crippen LogP contribution in [0.3, 0.4) is 0 Å². The Hall–Kier alpha value is -1.52. The van der Waals surface area contributed by atoms with Crippen molar-refractivity contribution >= 4 is 41.1 Å². The van der Waals surface area contributed by atoms with Crippen LogP contribution in [0.1, 0.15) is 12.0 Å². The third-order valence-electron chi connectivity index (χ3n) is 2.94. The van der Waals surface area contributed by atoms with Crippen LogP contribution in [0.2, 0.25) is 10.0 Å². The summed E-state index contributed by atoms with van der Waals surface area (Å²) in [5.41, 5.74) is 0.673. The lowest BCUT2D eigenvalue weighted by Crippen LogP contribution is -2.36. The molecule has 0 aromatic heterocycles. The maximum Gasteiger partial charge on any atom is 0.247 e. The molecule has 0 radical (unpaired) electrons. The summed E-state index contributed by atoms with van der Waals surface area (Å²) in [5, 5.41) is 3.80. The molecule has 0 atom stereocenters. The molecule has 1 aromatic carbocycles. The van der Waals surface area contributed by atoms with Gasteiger partial charge in [-0.2, -0.15) is 0 Å². The number of hydrogen-bond donors (Lipinski definition) is 1. The molecule has 6 heteroatoms. The number of halogens is 2. The average molecular weight is 313 g/mol. The number of carbonyl (C=O) groups is 2. The fraction of sp³-hybridized carbons (Fsp3) is 0.286. The second kappa shape index (κ2) is 6.77.